The summed E-state index contributed by atoms with van der Waals surface area (Å²) in [5.74, 6) is 0.340. The first-order valence-corrected chi connectivity index (χ1v) is 4.53. The molecule has 1 saturated carbocycles. The molecule has 1 nitrogen and oxygen atoms in total. The standard InChI is InChI=1S/C10H14O.ClH/c11-9-4-7-10(8-9)5-2-1-3-6-10;/h4,7H,1-3,5-6,8H2;1H. The van der Waals surface area contributed by atoms with Crippen molar-refractivity contribution < 1.29 is 4.79 Å². The summed E-state index contributed by atoms with van der Waals surface area (Å²) in [6, 6.07) is 0. The Morgan fingerprint density at radius 3 is 2.33 bits per heavy atom. The van der Waals surface area contributed by atoms with Crippen molar-refractivity contribution in [3.05, 3.63) is 12.2 Å². The third-order valence-electron chi connectivity index (χ3n) is 3.00. The molecule has 0 aromatic rings. The molecule has 1 fully saturated rings. The van der Waals surface area contributed by atoms with Crippen LogP contribution < -0.4 is 0 Å². The van der Waals surface area contributed by atoms with E-state index in [0.717, 1.165) is 6.42 Å². The Morgan fingerprint density at radius 2 is 1.83 bits per heavy atom. The van der Waals surface area contributed by atoms with E-state index < -0.39 is 0 Å². The quantitative estimate of drug-likeness (QED) is 0.569. The van der Waals surface area contributed by atoms with E-state index in [2.05, 4.69) is 6.08 Å². The normalized spacial score (nSPS) is 25.8. The van der Waals surface area contributed by atoms with Crippen molar-refractivity contribution in [2.24, 2.45) is 5.41 Å². The zero-order valence-electron chi connectivity index (χ0n) is 7.21. The van der Waals surface area contributed by atoms with Gasteiger partial charge in [0.2, 0.25) is 0 Å². The third kappa shape index (κ3) is 1.71. The van der Waals surface area contributed by atoms with Crippen LogP contribution in [0.4, 0.5) is 0 Å². The van der Waals surface area contributed by atoms with Gasteiger partial charge in [0, 0.05) is 6.42 Å². The van der Waals surface area contributed by atoms with Crippen LogP contribution in [0.15, 0.2) is 12.2 Å². The summed E-state index contributed by atoms with van der Waals surface area (Å²) >= 11 is 0. The highest BCUT2D eigenvalue weighted by Crippen LogP contribution is 2.43. The van der Waals surface area contributed by atoms with Gasteiger partial charge in [0.05, 0.1) is 0 Å². The van der Waals surface area contributed by atoms with Gasteiger partial charge in [-0.3, -0.25) is 4.79 Å². The predicted octanol–water partition coefficient (Wildman–Crippen LogP) is 2.89. The van der Waals surface area contributed by atoms with Crippen molar-refractivity contribution >= 4 is 18.2 Å². The van der Waals surface area contributed by atoms with E-state index in [-0.39, 0.29) is 12.4 Å². The van der Waals surface area contributed by atoms with Crippen LogP contribution in [0.25, 0.3) is 0 Å². The molecule has 0 amide bonds. The lowest BCUT2D eigenvalue weighted by Gasteiger charge is -2.30. The minimum Gasteiger partial charge on any atom is -0.295 e. The molecule has 2 aliphatic rings. The average Bonchev–Trinajstić information content (AvgIpc) is 2.34. The molecule has 68 valence electrons. The predicted molar refractivity (Wildman–Crippen MR) is 51.5 cm³/mol. The molecule has 0 aliphatic heterocycles. The van der Waals surface area contributed by atoms with E-state index >= 15 is 0 Å². The summed E-state index contributed by atoms with van der Waals surface area (Å²) in [6.45, 7) is 0. The molecule has 0 heterocycles. The van der Waals surface area contributed by atoms with Crippen LogP contribution in [0, 0.1) is 5.41 Å². The summed E-state index contributed by atoms with van der Waals surface area (Å²) < 4.78 is 0. The van der Waals surface area contributed by atoms with Crippen LogP contribution in [0.1, 0.15) is 38.5 Å². The van der Waals surface area contributed by atoms with Crippen LogP contribution in [0.2, 0.25) is 0 Å². The molecule has 12 heavy (non-hydrogen) atoms. The number of hydrogen-bond donors (Lipinski definition) is 0. The van der Waals surface area contributed by atoms with Crippen molar-refractivity contribution in [3.8, 4) is 0 Å². The zero-order chi connectivity index (χ0) is 7.73. The van der Waals surface area contributed by atoms with Crippen molar-refractivity contribution in [1.82, 2.24) is 0 Å². The van der Waals surface area contributed by atoms with Gasteiger partial charge in [-0.2, -0.15) is 0 Å². The molecule has 2 aliphatic carbocycles. The summed E-state index contributed by atoms with van der Waals surface area (Å²) in [6.07, 6.45) is 11.2. The first-order valence-electron chi connectivity index (χ1n) is 4.53. The summed E-state index contributed by atoms with van der Waals surface area (Å²) in [5, 5.41) is 0. The smallest absolute Gasteiger partial charge is 0.156 e. The Morgan fingerprint density at radius 1 is 1.17 bits per heavy atom. The molecule has 2 heteroatoms. The summed E-state index contributed by atoms with van der Waals surface area (Å²) in [7, 11) is 0. The molecule has 0 aromatic carbocycles. The van der Waals surface area contributed by atoms with Crippen molar-refractivity contribution in [2.45, 2.75) is 38.5 Å². The van der Waals surface area contributed by atoms with E-state index in [1.54, 1.807) is 6.08 Å². The van der Waals surface area contributed by atoms with Gasteiger partial charge in [0.25, 0.3) is 0 Å². The average molecular weight is 187 g/mol. The minimum absolute atomic E-state index is 0. The number of carbonyl (C=O) groups is 1. The maximum Gasteiger partial charge on any atom is 0.156 e. The second kappa shape index (κ2) is 3.61. The first kappa shape index (κ1) is 9.79. The Bertz CT molecular complexity index is 202. The molecule has 0 unspecified atom stereocenters. The van der Waals surface area contributed by atoms with Crippen molar-refractivity contribution in [2.75, 3.05) is 0 Å². The van der Waals surface area contributed by atoms with Crippen LogP contribution in [0.3, 0.4) is 0 Å². The maximum absolute atomic E-state index is 11.0. The van der Waals surface area contributed by atoms with Gasteiger partial charge in [0.1, 0.15) is 0 Å². The largest absolute Gasteiger partial charge is 0.295 e. The Hall–Kier alpha value is -0.300. The van der Waals surface area contributed by atoms with E-state index in [0.29, 0.717) is 11.2 Å². The fourth-order valence-corrected chi connectivity index (χ4v) is 2.33. The van der Waals surface area contributed by atoms with E-state index in [1.165, 1.54) is 32.1 Å². The summed E-state index contributed by atoms with van der Waals surface area (Å²) in [4.78, 5) is 11.0. The number of halogens is 1. The molecule has 0 aromatic heterocycles. The van der Waals surface area contributed by atoms with E-state index in [4.69, 9.17) is 0 Å². The van der Waals surface area contributed by atoms with Crippen LogP contribution in [-0.2, 0) is 4.79 Å². The number of carbonyl (C=O) groups excluding carboxylic acids is 1. The molecule has 0 N–H and O–H groups in total. The number of ketones is 1. The van der Waals surface area contributed by atoms with Crippen molar-refractivity contribution in [3.63, 3.8) is 0 Å². The van der Waals surface area contributed by atoms with Gasteiger partial charge in [-0.15, -0.1) is 12.4 Å². The Balaban J connectivity index is 0.000000720. The molecule has 0 saturated heterocycles. The monoisotopic (exact) mass is 186 g/mol. The van der Waals surface area contributed by atoms with E-state index in [1.807, 2.05) is 0 Å². The van der Waals surface area contributed by atoms with Crippen LogP contribution >= 0.6 is 12.4 Å². The first-order chi connectivity index (χ1) is 5.31. The maximum atomic E-state index is 11.0. The Labute approximate surface area is 79.6 Å². The lowest BCUT2D eigenvalue weighted by atomic mass is 9.74. The number of allylic oxidation sites excluding steroid dienone is 2. The molecule has 0 radical (unpaired) electrons. The van der Waals surface area contributed by atoms with Gasteiger partial charge in [-0.25, -0.2) is 0 Å². The van der Waals surface area contributed by atoms with Gasteiger partial charge in [-0.05, 0) is 24.3 Å². The van der Waals surface area contributed by atoms with Gasteiger partial charge < -0.3 is 0 Å². The van der Waals surface area contributed by atoms with Gasteiger partial charge in [0.15, 0.2) is 5.78 Å². The van der Waals surface area contributed by atoms with Gasteiger partial charge in [-0.1, -0.05) is 25.3 Å². The second-order valence-corrected chi connectivity index (χ2v) is 3.90. The number of rotatable bonds is 0. The third-order valence-corrected chi connectivity index (χ3v) is 3.00. The number of hydrogen-bond acceptors (Lipinski definition) is 1. The van der Waals surface area contributed by atoms with Crippen LogP contribution in [-0.4, -0.2) is 5.78 Å². The molecule has 0 atom stereocenters. The minimum atomic E-state index is 0. The highest BCUT2D eigenvalue weighted by Gasteiger charge is 2.34. The van der Waals surface area contributed by atoms with Crippen molar-refractivity contribution in [1.29, 1.82) is 0 Å². The molecule has 0 bridgehead atoms. The zero-order valence-corrected chi connectivity index (χ0v) is 8.03. The fourth-order valence-electron chi connectivity index (χ4n) is 2.33. The SMILES string of the molecule is Cl.O=C1C=CC2(CCCCC2)C1. The lowest BCUT2D eigenvalue weighted by Crippen LogP contribution is -2.20. The van der Waals surface area contributed by atoms with Gasteiger partial charge >= 0.3 is 0 Å². The topological polar surface area (TPSA) is 17.1 Å². The molecular formula is C10H15ClO. The lowest BCUT2D eigenvalue weighted by molar-refractivity contribution is -0.115. The highest BCUT2D eigenvalue weighted by molar-refractivity contribution is 5.93. The molecular weight excluding hydrogens is 172 g/mol. The van der Waals surface area contributed by atoms with Crippen LogP contribution in [0.5, 0.6) is 0 Å². The van der Waals surface area contributed by atoms with E-state index in [9.17, 15) is 4.79 Å². The molecule has 2 rings (SSSR count). The summed E-state index contributed by atoms with van der Waals surface area (Å²) in [5.41, 5.74) is 0.315. The molecule has 1 spiro atoms. The Kier molecular flexibility index (Phi) is 2.94. The second-order valence-electron chi connectivity index (χ2n) is 3.90. The fraction of sp³-hybridized carbons (Fsp3) is 0.700. The highest BCUT2D eigenvalue weighted by atomic mass is 35.5.